The molecular formula is C18H26F3N3. The number of alkyl halides is 3. The van der Waals surface area contributed by atoms with Crippen molar-refractivity contribution in [1.29, 1.82) is 0 Å². The molecule has 1 aliphatic rings. The van der Waals surface area contributed by atoms with E-state index in [0.29, 0.717) is 23.8 Å². The van der Waals surface area contributed by atoms with Crippen molar-refractivity contribution in [2.75, 3.05) is 11.4 Å². The highest BCUT2D eigenvalue weighted by Crippen LogP contribution is 2.35. The second-order valence-electron chi connectivity index (χ2n) is 6.58. The maximum absolute atomic E-state index is 13.3. The topological polar surface area (TPSA) is 28.5 Å². The van der Waals surface area contributed by atoms with E-state index in [9.17, 15) is 13.2 Å². The summed E-state index contributed by atoms with van der Waals surface area (Å²) >= 11 is 0. The van der Waals surface area contributed by atoms with Crippen molar-refractivity contribution >= 4 is 18.1 Å². The standard InChI is InChI=1S/C18H26F3N3/c1-14(18(19,20)21)24(17-10-11-23-13-16(17)22-2)12-6-9-15-7-4-3-5-8-15/h10-11,13-15H,2-9,12H2,1H3. The smallest absolute Gasteiger partial charge is 0.358 e. The summed E-state index contributed by atoms with van der Waals surface area (Å²) < 4.78 is 39.9. The van der Waals surface area contributed by atoms with Crippen LogP contribution in [0.1, 0.15) is 51.9 Å². The average molecular weight is 341 g/mol. The normalized spacial score (nSPS) is 17.5. The van der Waals surface area contributed by atoms with Crippen LogP contribution in [0.5, 0.6) is 0 Å². The van der Waals surface area contributed by atoms with Gasteiger partial charge in [-0.3, -0.25) is 9.98 Å². The van der Waals surface area contributed by atoms with E-state index in [4.69, 9.17) is 0 Å². The molecule has 1 aromatic rings. The summed E-state index contributed by atoms with van der Waals surface area (Å²) in [6.45, 7) is 5.02. The average Bonchev–Trinajstić information content (AvgIpc) is 2.58. The molecule has 1 unspecified atom stereocenters. The van der Waals surface area contributed by atoms with Gasteiger partial charge in [0.05, 0.1) is 11.9 Å². The summed E-state index contributed by atoms with van der Waals surface area (Å²) in [7, 11) is 0. The molecule has 3 nitrogen and oxygen atoms in total. The lowest BCUT2D eigenvalue weighted by Crippen LogP contribution is -2.44. The molecule has 1 atom stereocenters. The predicted octanol–water partition coefficient (Wildman–Crippen LogP) is 5.53. The second kappa shape index (κ2) is 8.49. The van der Waals surface area contributed by atoms with Gasteiger partial charge in [-0.1, -0.05) is 32.1 Å². The minimum atomic E-state index is -4.29. The molecular weight excluding hydrogens is 315 g/mol. The van der Waals surface area contributed by atoms with Crippen molar-refractivity contribution < 1.29 is 13.2 Å². The second-order valence-corrected chi connectivity index (χ2v) is 6.58. The van der Waals surface area contributed by atoms with Crippen LogP contribution in [0.2, 0.25) is 0 Å². The molecule has 24 heavy (non-hydrogen) atoms. The predicted molar refractivity (Wildman–Crippen MR) is 92.1 cm³/mol. The van der Waals surface area contributed by atoms with Crippen LogP contribution in [0, 0.1) is 5.92 Å². The number of pyridine rings is 1. The third-order valence-electron chi connectivity index (χ3n) is 4.93. The van der Waals surface area contributed by atoms with Gasteiger partial charge >= 0.3 is 6.18 Å². The fourth-order valence-corrected chi connectivity index (χ4v) is 3.47. The molecule has 0 radical (unpaired) electrons. The van der Waals surface area contributed by atoms with Gasteiger partial charge in [-0.05, 0) is 38.5 Å². The summed E-state index contributed by atoms with van der Waals surface area (Å²) in [5, 5.41) is 0. The number of nitrogens with zero attached hydrogens (tertiary/aromatic N) is 3. The lowest BCUT2D eigenvalue weighted by molar-refractivity contribution is -0.144. The minimum absolute atomic E-state index is 0.365. The maximum Gasteiger partial charge on any atom is 0.408 e. The lowest BCUT2D eigenvalue weighted by Gasteiger charge is -2.34. The molecule has 0 saturated heterocycles. The van der Waals surface area contributed by atoms with Crippen molar-refractivity contribution in [2.45, 2.75) is 64.1 Å². The van der Waals surface area contributed by atoms with Gasteiger partial charge < -0.3 is 4.90 Å². The van der Waals surface area contributed by atoms with Crippen LogP contribution in [-0.2, 0) is 0 Å². The Balaban J connectivity index is 2.09. The Kier molecular flexibility index (Phi) is 6.63. The summed E-state index contributed by atoms with van der Waals surface area (Å²) in [6.07, 6.45) is 6.64. The lowest BCUT2D eigenvalue weighted by atomic mass is 9.86. The molecule has 0 N–H and O–H groups in total. The molecule has 1 heterocycles. The number of rotatable bonds is 7. The summed E-state index contributed by atoms with van der Waals surface area (Å²) in [6, 6.07) is 0.0270. The highest BCUT2D eigenvalue weighted by molar-refractivity contribution is 5.68. The van der Waals surface area contributed by atoms with Crippen LogP contribution in [0.25, 0.3) is 0 Å². The molecule has 1 aromatic heterocycles. The molecule has 0 aromatic carbocycles. The molecule has 0 amide bonds. The quantitative estimate of drug-likeness (QED) is 0.610. The molecule has 0 spiro atoms. The number of anilines is 1. The van der Waals surface area contributed by atoms with Crippen LogP contribution < -0.4 is 4.90 Å². The largest absolute Gasteiger partial charge is 0.408 e. The monoisotopic (exact) mass is 341 g/mol. The van der Waals surface area contributed by atoms with Gasteiger partial charge in [0.15, 0.2) is 0 Å². The van der Waals surface area contributed by atoms with Gasteiger partial charge in [-0.25, -0.2) is 0 Å². The first kappa shape index (κ1) is 18.7. The summed E-state index contributed by atoms with van der Waals surface area (Å²) in [4.78, 5) is 9.16. The van der Waals surface area contributed by atoms with Crippen LogP contribution in [0.4, 0.5) is 24.5 Å². The SMILES string of the molecule is C=Nc1cnccc1N(CCCC1CCCCC1)C(C)C(F)(F)F. The number of hydrogen-bond acceptors (Lipinski definition) is 3. The minimum Gasteiger partial charge on any atom is -0.358 e. The zero-order valence-corrected chi connectivity index (χ0v) is 14.2. The first-order chi connectivity index (χ1) is 11.4. The van der Waals surface area contributed by atoms with Crippen LogP contribution in [0.15, 0.2) is 23.5 Å². The van der Waals surface area contributed by atoms with Gasteiger partial charge in [0.1, 0.15) is 11.7 Å². The van der Waals surface area contributed by atoms with Crippen molar-refractivity contribution in [3.8, 4) is 0 Å². The van der Waals surface area contributed by atoms with Crippen LogP contribution in [-0.4, -0.2) is 30.5 Å². The zero-order chi connectivity index (χ0) is 17.6. The van der Waals surface area contributed by atoms with Crippen molar-refractivity contribution in [3.05, 3.63) is 18.5 Å². The molecule has 2 rings (SSSR count). The van der Waals surface area contributed by atoms with Gasteiger partial charge in [0.2, 0.25) is 0 Å². The first-order valence-corrected chi connectivity index (χ1v) is 8.67. The molecule has 1 saturated carbocycles. The Morgan fingerprint density at radius 2 is 2.04 bits per heavy atom. The molecule has 1 fully saturated rings. The first-order valence-electron chi connectivity index (χ1n) is 8.67. The number of aliphatic imine (C=N–C) groups is 1. The van der Waals surface area contributed by atoms with Gasteiger partial charge in [-0.2, -0.15) is 13.2 Å². The Morgan fingerprint density at radius 3 is 2.67 bits per heavy atom. The van der Waals surface area contributed by atoms with E-state index in [0.717, 1.165) is 12.8 Å². The van der Waals surface area contributed by atoms with Crippen molar-refractivity contribution in [3.63, 3.8) is 0 Å². The van der Waals surface area contributed by atoms with Crippen molar-refractivity contribution in [1.82, 2.24) is 4.98 Å². The van der Waals surface area contributed by atoms with E-state index < -0.39 is 12.2 Å². The highest BCUT2D eigenvalue weighted by Gasteiger charge is 2.40. The van der Waals surface area contributed by atoms with Crippen LogP contribution >= 0.6 is 0 Å². The molecule has 134 valence electrons. The molecule has 1 aliphatic carbocycles. The van der Waals surface area contributed by atoms with E-state index in [1.807, 2.05) is 0 Å². The Hall–Kier alpha value is -1.59. The zero-order valence-electron chi connectivity index (χ0n) is 14.2. The molecule has 0 aliphatic heterocycles. The fourth-order valence-electron chi connectivity index (χ4n) is 3.47. The number of halogens is 3. The third kappa shape index (κ3) is 4.95. The summed E-state index contributed by atoms with van der Waals surface area (Å²) in [5.41, 5.74) is 0.847. The van der Waals surface area contributed by atoms with Gasteiger partial charge in [0.25, 0.3) is 0 Å². The van der Waals surface area contributed by atoms with E-state index in [1.165, 1.54) is 56.3 Å². The number of aromatic nitrogens is 1. The Morgan fingerprint density at radius 1 is 1.33 bits per heavy atom. The Bertz CT molecular complexity index is 524. The third-order valence-corrected chi connectivity index (χ3v) is 4.93. The Labute approximate surface area is 142 Å². The van der Waals surface area contributed by atoms with E-state index in [2.05, 4.69) is 16.7 Å². The van der Waals surface area contributed by atoms with Gasteiger partial charge in [-0.15, -0.1) is 0 Å². The maximum atomic E-state index is 13.3. The van der Waals surface area contributed by atoms with E-state index >= 15 is 0 Å². The molecule has 6 heteroatoms. The molecule has 0 bridgehead atoms. The van der Waals surface area contributed by atoms with Gasteiger partial charge in [0, 0.05) is 12.7 Å². The van der Waals surface area contributed by atoms with E-state index in [1.54, 1.807) is 6.07 Å². The van der Waals surface area contributed by atoms with Crippen molar-refractivity contribution in [2.24, 2.45) is 10.9 Å². The van der Waals surface area contributed by atoms with E-state index in [-0.39, 0.29) is 0 Å². The van der Waals surface area contributed by atoms with Crippen LogP contribution in [0.3, 0.4) is 0 Å². The fraction of sp³-hybridized carbons (Fsp3) is 0.667. The summed E-state index contributed by atoms with van der Waals surface area (Å²) in [5.74, 6) is 0.663. The number of hydrogen-bond donors (Lipinski definition) is 0. The highest BCUT2D eigenvalue weighted by atomic mass is 19.4.